The van der Waals surface area contributed by atoms with E-state index in [1.807, 2.05) is 6.08 Å². The molecule has 3 aromatic rings. The van der Waals surface area contributed by atoms with E-state index in [9.17, 15) is 9.18 Å². The lowest BCUT2D eigenvalue weighted by molar-refractivity contribution is -0.111. The number of anilines is 3. The van der Waals surface area contributed by atoms with Gasteiger partial charge in [-0.25, -0.2) is 14.4 Å². The Morgan fingerprint density at radius 3 is 2.81 bits per heavy atom. The average Bonchev–Trinajstić information content (AvgIpc) is 3.70. The van der Waals surface area contributed by atoms with E-state index in [1.54, 1.807) is 25.3 Å². The third kappa shape index (κ3) is 6.36. The molecule has 1 atom stereocenters. The molecule has 1 aromatic heterocycles. The number of halogens is 2. The van der Waals surface area contributed by atoms with Crippen LogP contribution in [0.4, 0.5) is 21.6 Å². The fraction of sp³-hybridized carbons (Fsp3) is 0.370. The summed E-state index contributed by atoms with van der Waals surface area (Å²) in [5, 5.41) is 6.79. The van der Waals surface area contributed by atoms with Crippen molar-refractivity contribution >= 4 is 45.6 Å². The van der Waals surface area contributed by atoms with Gasteiger partial charge in [-0.05, 0) is 49.4 Å². The Morgan fingerprint density at radius 1 is 1.22 bits per heavy atom. The Morgan fingerprint density at radius 2 is 2.08 bits per heavy atom. The van der Waals surface area contributed by atoms with Crippen LogP contribution in [0, 0.1) is 11.7 Å². The summed E-state index contributed by atoms with van der Waals surface area (Å²) in [5.41, 5.74) is 1.75. The van der Waals surface area contributed by atoms with Crippen molar-refractivity contribution in [3.8, 4) is 5.75 Å². The molecule has 2 N–H and O–H groups in total. The minimum Gasteiger partial charge on any atom is -0.491 e. The van der Waals surface area contributed by atoms with E-state index in [1.165, 1.54) is 24.5 Å². The van der Waals surface area contributed by atoms with Crippen molar-refractivity contribution < 1.29 is 18.7 Å². The predicted molar refractivity (Wildman–Crippen MR) is 142 cm³/mol. The number of nitrogens with one attached hydrogen (secondary N) is 2. The van der Waals surface area contributed by atoms with Crippen molar-refractivity contribution in [1.29, 1.82) is 0 Å². The quantitative estimate of drug-likeness (QED) is 0.334. The Hall–Kier alpha value is -3.27. The zero-order chi connectivity index (χ0) is 25.8. The van der Waals surface area contributed by atoms with Crippen molar-refractivity contribution in [3.63, 3.8) is 0 Å². The molecule has 2 heterocycles. The van der Waals surface area contributed by atoms with Crippen LogP contribution in [0.15, 0.2) is 48.8 Å². The molecule has 1 aliphatic heterocycles. The summed E-state index contributed by atoms with van der Waals surface area (Å²) >= 11 is 5.94. The van der Waals surface area contributed by atoms with Crippen LogP contribution < -0.4 is 15.4 Å². The maximum Gasteiger partial charge on any atom is 0.248 e. The number of ether oxygens (including phenoxy) is 2. The van der Waals surface area contributed by atoms with Gasteiger partial charge in [0.15, 0.2) is 0 Å². The highest BCUT2D eigenvalue weighted by Crippen LogP contribution is 2.36. The van der Waals surface area contributed by atoms with Crippen LogP contribution in [0.25, 0.3) is 10.9 Å². The van der Waals surface area contributed by atoms with E-state index < -0.39 is 5.82 Å². The van der Waals surface area contributed by atoms with Crippen LogP contribution in [-0.4, -0.2) is 60.2 Å². The highest BCUT2D eigenvalue weighted by molar-refractivity contribution is 6.31. The minimum absolute atomic E-state index is 0.00521. The number of amides is 1. The van der Waals surface area contributed by atoms with Gasteiger partial charge in [0.25, 0.3) is 0 Å². The van der Waals surface area contributed by atoms with Crippen molar-refractivity contribution in [3.05, 3.63) is 59.7 Å². The smallest absolute Gasteiger partial charge is 0.248 e. The molecule has 1 amide bonds. The summed E-state index contributed by atoms with van der Waals surface area (Å²) in [5.74, 6) is 0.837. The van der Waals surface area contributed by atoms with Crippen LogP contribution in [0.2, 0.25) is 5.02 Å². The molecule has 5 rings (SSSR count). The minimum atomic E-state index is -0.501. The Kier molecular flexibility index (Phi) is 7.83. The predicted octanol–water partition coefficient (Wildman–Crippen LogP) is 5.17. The van der Waals surface area contributed by atoms with Crippen molar-refractivity contribution in [2.45, 2.75) is 25.3 Å². The van der Waals surface area contributed by atoms with Crippen LogP contribution in [-0.2, 0) is 9.53 Å². The van der Waals surface area contributed by atoms with Gasteiger partial charge in [-0.15, -0.1) is 0 Å². The number of carbonyl (C=O) groups is 1. The van der Waals surface area contributed by atoms with E-state index >= 15 is 0 Å². The molecule has 2 aliphatic rings. The third-order valence-electron chi connectivity index (χ3n) is 6.58. The van der Waals surface area contributed by atoms with Gasteiger partial charge < -0.3 is 20.1 Å². The molecule has 0 spiro atoms. The molecule has 1 aliphatic carbocycles. The molecule has 2 aromatic carbocycles. The first-order valence-corrected chi connectivity index (χ1v) is 12.7. The number of carbonyl (C=O) groups excluding carboxylic acids is 1. The first-order valence-electron chi connectivity index (χ1n) is 12.3. The summed E-state index contributed by atoms with van der Waals surface area (Å²) < 4.78 is 24.9. The maximum absolute atomic E-state index is 13.6. The molecule has 194 valence electrons. The number of hydrogen-bond donors (Lipinski definition) is 2. The number of methoxy groups -OCH3 is 1. The number of hydrogen-bond acceptors (Lipinski definition) is 7. The molecule has 10 heteroatoms. The van der Waals surface area contributed by atoms with Gasteiger partial charge in [-0.3, -0.25) is 9.69 Å². The Labute approximate surface area is 219 Å². The zero-order valence-corrected chi connectivity index (χ0v) is 21.3. The number of aromatic nitrogens is 2. The number of rotatable bonds is 11. The largest absolute Gasteiger partial charge is 0.491 e. The zero-order valence-electron chi connectivity index (χ0n) is 20.5. The molecule has 0 radical (unpaired) electrons. The number of nitrogens with zero attached hydrogens (tertiary/aromatic N) is 3. The first-order chi connectivity index (χ1) is 18.0. The fourth-order valence-electron chi connectivity index (χ4n) is 4.19. The lowest BCUT2D eigenvalue weighted by atomic mass is 10.0. The van der Waals surface area contributed by atoms with Crippen LogP contribution >= 0.6 is 11.6 Å². The number of likely N-dealkylation sites (tertiary alicyclic amines) is 1. The topological polar surface area (TPSA) is 88.6 Å². The van der Waals surface area contributed by atoms with Gasteiger partial charge >= 0.3 is 0 Å². The van der Waals surface area contributed by atoms with Gasteiger partial charge in [0.2, 0.25) is 5.91 Å². The van der Waals surface area contributed by atoms with Crippen LogP contribution in [0.1, 0.15) is 19.3 Å². The van der Waals surface area contributed by atoms with Gasteiger partial charge in [0.05, 0.1) is 29.4 Å². The van der Waals surface area contributed by atoms with Gasteiger partial charge in [0.1, 0.15) is 23.7 Å². The SMILES string of the molecule is COC[C@H]1CCN1CC=CC(=O)Nc1cc2c(Nc3ccc(F)c(Cl)c3)ncnc2cc1OCC1CC1. The second kappa shape index (κ2) is 11.4. The molecule has 37 heavy (non-hydrogen) atoms. The van der Waals surface area contributed by atoms with Gasteiger partial charge in [0, 0.05) is 49.5 Å². The summed E-state index contributed by atoms with van der Waals surface area (Å²) in [6.07, 6.45) is 8.24. The lowest BCUT2D eigenvalue weighted by Gasteiger charge is -2.39. The normalized spacial score (nSPS) is 17.6. The fourth-order valence-corrected chi connectivity index (χ4v) is 4.37. The van der Waals surface area contributed by atoms with Crippen molar-refractivity contribution in [2.75, 3.05) is 44.0 Å². The summed E-state index contributed by atoms with van der Waals surface area (Å²) in [7, 11) is 1.70. The van der Waals surface area contributed by atoms with Crippen molar-refractivity contribution in [1.82, 2.24) is 14.9 Å². The van der Waals surface area contributed by atoms with E-state index in [4.69, 9.17) is 21.1 Å². The molecule has 1 saturated heterocycles. The van der Waals surface area contributed by atoms with E-state index in [2.05, 4.69) is 25.5 Å². The van der Waals surface area contributed by atoms with Crippen molar-refractivity contribution in [2.24, 2.45) is 5.92 Å². The summed E-state index contributed by atoms with van der Waals surface area (Å²) in [6, 6.07) is 8.35. The molecule has 2 fully saturated rings. The van der Waals surface area contributed by atoms with E-state index in [0.717, 1.165) is 25.8 Å². The highest BCUT2D eigenvalue weighted by atomic mass is 35.5. The molecule has 8 nitrogen and oxygen atoms in total. The average molecular weight is 526 g/mol. The highest BCUT2D eigenvalue weighted by Gasteiger charge is 2.26. The molecule has 1 saturated carbocycles. The van der Waals surface area contributed by atoms with Crippen LogP contribution in [0.3, 0.4) is 0 Å². The monoisotopic (exact) mass is 525 g/mol. The third-order valence-corrected chi connectivity index (χ3v) is 6.87. The van der Waals surface area contributed by atoms with Crippen LogP contribution in [0.5, 0.6) is 5.75 Å². The Bertz CT molecular complexity index is 1320. The molecular formula is C27H29ClFN5O3. The first kappa shape index (κ1) is 25.4. The second-order valence-electron chi connectivity index (χ2n) is 9.38. The van der Waals surface area contributed by atoms with Gasteiger partial charge in [-0.2, -0.15) is 0 Å². The molecule has 0 bridgehead atoms. The van der Waals surface area contributed by atoms with Gasteiger partial charge in [-0.1, -0.05) is 17.7 Å². The summed E-state index contributed by atoms with van der Waals surface area (Å²) in [4.78, 5) is 23.8. The second-order valence-corrected chi connectivity index (χ2v) is 9.79. The lowest BCUT2D eigenvalue weighted by Crippen LogP contribution is -2.50. The summed E-state index contributed by atoms with van der Waals surface area (Å²) in [6.45, 7) is 2.97. The Balaban J connectivity index is 1.36. The molecular weight excluding hydrogens is 497 g/mol. The maximum atomic E-state index is 13.6. The standard InChI is InChI=1S/C27H29ClFN5O3/c1-36-15-19-8-10-34(19)9-2-3-26(35)33-24-12-20-23(13-25(24)37-14-17-4-5-17)30-16-31-27(20)32-18-6-7-22(29)21(28)11-18/h2-3,6-7,11-13,16-17,19H,4-5,8-10,14-15H2,1H3,(H,33,35)(H,30,31,32)/t19-/m1/s1. The number of fused-ring (bicyclic) bond motifs is 1. The van der Waals surface area contributed by atoms with E-state index in [-0.39, 0.29) is 10.9 Å². The molecule has 0 unspecified atom stereocenters. The van der Waals surface area contributed by atoms with E-state index in [0.29, 0.717) is 65.6 Å². The number of benzene rings is 2.